The minimum atomic E-state index is -0.932. The van der Waals surface area contributed by atoms with Crippen LogP contribution in [0.3, 0.4) is 0 Å². The Morgan fingerprint density at radius 1 is 1.08 bits per heavy atom. The van der Waals surface area contributed by atoms with Gasteiger partial charge in [-0.3, -0.25) is 9.69 Å². The number of aliphatic carboxylic acids is 1. The minimum absolute atomic E-state index is 0.188. The van der Waals surface area contributed by atoms with E-state index in [4.69, 9.17) is 0 Å². The molecule has 2 saturated heterocycles. The van der Waals surface area contributed by atoms with Crippen LogP contribution < -0.4 is 0 Å². The number of rotatable bonds is 11. The lowest BCUT2D eigenvalue weighted by molar-refractivity contribution is -0.144. The zero-order valence-corrected chi connectivity index (χ0v) is 23.1. The number of benzene rings is 1. The van der Waals surface area contributed by atoms with E-state index in [0.717, 1.165) is 61.7 Å². The molecule has 3 fully saturated rings. The second kappa shape index (κ2) is 13.1. The highest BCUT2D eigenvalue weighted by Gasteiger charge is 2.42. The van der Waals surface area contributed by atoms with Crippen molar-refractivity contribution in [2.45, 2.75) is 68.5 Å². The third-order valence-corrected chi connectivity index (χ3v) is 10.3. The van der Waals surface area contributed by atoms with E-state index < -0.39 is 18.2 Å². The van der Waals surface area contributed by atoms with Gasteiger partial charge in [0.05, 0.1) is 0 Å². The van der Waals surface area contributed by atoms with Crippen LogP contribution >= 0.6 is 11.8 Å². The van der Waals surface area contributed by atoms with E-state index in [1.54, 1.807) is 17.8 Å². The van der Waals surface area contributed by atoms with Crippen molar-refractivity contribution in [1.29, 1.82) is 0 Å². The lowest BCUT2D eigenvalue weighted by Gasteiger charge is -2.35. The van der Waals surface area contributed by atoms with Crippen LogP contribution in [0.1, 0.15) is 51.4 Å². The second-order valence-corrected chi connectivity index (χ2v) is 13.0. The van der Waals surface area contributed by atoms with Gasteiger partial charge in [0.25, 0.3) is 0 Å². The fraction of sp³-hybridized carbons (Fsp3) is 0.645. The summed E-state index contributed by atoms with van der Waals surface area (Å²) in [6, 6.07) is 6.33. The number of likely N-dealkylation sites (tertiary alicyclic amines) is 2. The normalized spacial score (nSPS) is 28.3. The van der Waals surface area contributed by atoms with Gasteiger partial charge in [-0.2, -0.15) is 0 Å². The van der Waals surface area contributed by atoms with E-state index in [9.17, 15) is 18.7 Å². The summed E-state index contributed by atoms with van der Waals surface area (Å²) in [6.45, 7) is 4.59. The Morgan fingerprint density at radius 2 is 1.84 bits per heavy atom. The zero-order chi connectivity index (χ0) is 26.5. The van der Waals surface area contributed by atoms with Crippen molar-refractivity contribution in [3.63, 3.8) is 0 Å². The van der Waals surface area contributed by atoms with Crippen LogP contribution in [-0.2, 0) is 4.79 Å². The highest BCUT2D eigenvalue weighted by molar-refractivity contribution is 7.99. The molecule has 0 radical (unpaired) electrons. The summed E-state index contributed by atoms with van der Waals surface area (Å²) in [6.07, 6.45) is 13.1. The molecule has 2 unspecified atom stereocenters. The summed E-state index contributed by atoms with van der Waals surface area (Å²) in [5, 5.41) is 10.1. The Labute approximate surface area is 230 Å². The van der Waals surface area contributed by atoms with E-state index in [0.29, 0.717) is 30.7 Å². The molecule has 1 N–H and O–H groups in total. The molecule has 4 aliphatic rings. The van der Waals surface area contributed by atoms with Crippen molar-refractivity contribution in [2.75, 3.05) is 38.5 Å². The number of carboxylic acids is 1. The van der Waals surface area contributed by atoms with Crippen LogP contribution in [0.2, 0.25) is 0 Å². The zero-order valence-electron chi connectivity index (χ0n) is 22.3. The van der Waals surface area contributed by atoms with Crippen molar-refractivity contribution in [3.8, 4) is 0 Å². The van der Waals surface area contributed by atoms with Gasteiger partial charge in [0.1, 0.15) is 18.0 Å². The first kappa shape index (κ1) is 27.9. The topological polar surface area (TPSA) is 43.8 Å². The number of piperidine rings is 1. The van der Waals surface area contributed by atoms with E-state index in [-0.39, 0.29) is 11.7 Å². The maximum absolute atomic E-state index is 14.3. The molecule has 0 spiro atoms. The van der Waals surface area contributed by atoms with Crippen molar-refractivity contribution in [2.24, 2.45) is 23.7 Å². The van der Waals surface area contributed by atoms with Crippen LogP contribution in [0.25, 0.3) is 0 Å². The number of nitrogens with zero attached hydrogens (tertiary/aromatic N) is 2. The van der Waals surface area contributed by atoms with Crippen LogP contribution in [0.5, 0.6) is 0 Å². The van der Waals surface area contributed by atoms with Crippen LogP contribution in [0.15, 0.2) is 53.0 Å². The third-order valence-electron chi connectivity index (χ3n) is 9.26. The van der Waals surface area contributed by atoms with E-state index in [2.05, 4.69) is 15.9 Å². The summed E-state index contributed by atoms with van der Waals surface area (Å²) in [5.74, 6) is 1.93. The molecule has 0 aromatic heterocycles. The molecule has 4 atom stereocenters. The van der Waals surface area contributed by atoms with Crippen molar-refractivity contribution in [1.82, 2.24) is 9.80 Å². The van der Waals surface area contributed by atoms with Gasteiger partial charge in [-0.05, 0) is 98.2 Å². The molecule has 2 aliphatic heterocycles. The fourth-order valence-corrected chi connectivity index (χ4v) is 7.76. The number of halogens is 2. The Balaban J connectivity index is 1.15. The van der Waals surface area contributed by atoms with E-state index in [1.165, 1.54) is 37.8 Å². The average molecular weight is 545 g/mol. The monoisotopic (exact) mass is 544 g/mol. The Morgan fingerprint density at radius 3 is 2.50 bits per heavy atom. The van der Waals surface area contributed by atoms with Gasteiger partial charge in [-0.15, -0.1) is 11.8 Å². The molecule has 208 valence electrons. The van der Waals surface area contributed by atoms with Gasteiger partial charge in [-0.25, -0.2) is 8.78 Å². The molecule has 0 amide bonds. The van der Waals surface area contributed by atoms with E-state index in [1.807, 2.05) is 18.2 Å². The van der Waals surface area contributed by atoms with Gasteiger partial charge >= 0.3 is 5.97 Å². The summed E-state index contributed by atoms with van der Waals surface area (Å²) in [5.41, 5.74) is 1.07. The molecular weight excluding hydrogens is 502 g/mol. The Hall–Kier alpha value is -1.70. The maximum atomic E-state index is 14.3. The first-order chi connectivity index (χ1) is 18.4. The summed E-state index contributed by atoms with van der Waals surface area (Å²) >= 11 is 1.80. The summed E-state index contributed by atoms with van der Waals surface area (Å²) in [4.78, 5) is 18.1. The number of hydrogen-bond donors (Lipinski definition) is 1. The van der Waals surface area contributed by atoms with Crippen LogP contribution in [0, 0.1) is 29.5 Å². The second-order valence-electron chi connectivity index (χ2n) is 11.9. The lowest BCUT2D eigenvalue weighted by atomic mass is 9.80. The van der Waals surface area contributed by atoms with Crippen LogP contribution in [0.4, 0.5) is 8.78 Å². The van der Waals surface area contributed by atoms with E-state index >= 15 is 0 Å². The number of allylic oxidation sites excluding steroid dienone is 3. The molecule has 1 aromatic rings. The molecule has 2 heterocycles. The molecule has 5 rings (SSSR count). The standard InChI is InChI=1S/C31H42F2N2O2S/c32-26-7-9-28(10-8-26)38-16-13-22-11-14-34(15-12-22)19-25-20-35(30(31(36)37)17-23-3-1-4-23)21-29(25)24-5-2-6-27(33)18-24/h2,5,7-10,18,22-23,25,27,29-30H,1,3-4,6,11-17,19-21H2,(H,36,37)/t25-,27?,29?,30+/m0/s1. The minimum Gasteiger partial charge on any atom is -0.480 e. The average Bonchev–Trinajstić information content (AvgIpc) is 3.28. The molecule has 0 bridgehead atoms. The highest BCUT2D eigenvalue weighted by Crippen LogP contribution is 2.38. The molecule has 7 heteroatoms. The molecule has 38 heavy (non-hydrogen) atoms. The fourth-order valence-electron chi connectivity index (χ4n) is 6.75. The SMILES string of the molecule is O=C(O)[C@@H](CC1CCC1)N1CC(C2=CC(F)CC=C2)[C@@H](CN2CCC(CCSc3ccc(F)cc3)CC2)C1. The van der Waals surface area contributed by atoms with Gasteiger partial charge in [0.15, 0.2) is 0 Å². The Bertz CT molecular complexity index is 988. The van der Waals surface area contributed by atoms with Gasteiger partial charge in [0.2, 0.25) is 0 Å². The lowest BCUT2D eigenvalue weighted by Crippen LogP contribution is -2.43. The first-order valence-corrected chi connectivity index (χ1v) is 15.5. The summed E-state index contributed by atoms with van der Waals surface area (Å²) < 4.78 is 27.4. The van der Waals surface area contributed by atoms with Gasteiger partial charge in [0, 0.05) is 36.9 Å². The largest absolute Gasteiger partial charge is 0.480 e. The number of carboxylic acid groups (broad SMARTS) is 1. The van der Waals surface area contributed by atoms with Crippen molar-refractivity contribution < 1.29 is 18.7 Å². The quantitative estimate of drug-likeness (QED) is 0.325. The smallest absolute Gasteiger partial charge is 0.320 e. The number of hydrogen-bond acceptors (Lipinski definition) is 4. The molecule has 4 nitrogen and oxygen atoms in total. The number of alkyl halides is 1. The molecule has 1 saturated carbocycles. The molecule has 2 aliphatic carbocycles. The van der Waals surface area contributed by atoms with Crippen molar-refractivity contribution >= 4 is 17.7 Å². The highest BCUT2D eigenvalue weighted by atomic mass is 32.2. The predicted octanol–water partition coefficient (Wildman–Crippen LogP) is 6.44. The summed E-state index contributed by atoms with van der Waals surface area (Å²) in [7, 11) is 0. The molecular formula is C31H42F2N2O2S. The predicted molar refractivity (Wildman–Crippen MR) is 150 cm³/mol. The van der Waals surface area contributed by atoms with Crippen molar-refractivity contribution in [3.05, 3.63) is 53.9 Å². The Kier molecular flexibility index (Phi) is 9.60. The first-order valence-electron chi connectivity index (χ1n) is 14.5. The number of thioether (sulfide) groups is 1. The van der Waals surface area contributed by atoms with Gasteiger partial charge < -0.3 is 10.0 Å². The molecule has 1 aromatic carbocycles. The van der Waals surface area contributed by atoms with Crippen LogP contribution in [-0.4, -0.2) is 71.6 Å². The third kappa shape index (κ3) is 7.28. The maximum Gasteiger partial charge on any atom is 0.320 e. The number of carbonyl (C=O) groups is 1. The van der Waals surface area contributed by atoms with Gasteiger partial charge in [-0.1, -0.05) is 31.4 Å².